The smallest absolute Gasteiger partial charge is 0.453 e. The van der Waals surface area contributed by atoms with Crippen molar-refractivity contribution in [2.45, 2.75) is 33.4 Å². The van der Waals surface area contributed by atoms with Crippen LogP contribution in [0.1, 0.15) is 30.3 Å². The number of carbonyl (C=O) groups excluding carboxylic acids is 1. The summed E-state index contributed by atoms with van der Waals surface area (Å²) in [6.07, 6.45) is -4.12. The molecular weight excluding hydrogens is 339 g/mol. The third-order valence-electron chi connectivity index (χ3n) is 4.77. The Kier molecular flexibility index (Phi) is 3.88. The molecule has 1 saturated heterocycles. The third kappa shape index (κ3) is 2.69. The van der Waals surface area contributed by atoms with Crippen LogP contribution >= 0.6 is 0 Å². The average Bonchev–Trinajstić information content (AvgIpc) is 3.14. The zero-order valence-electron chi connectivity index (χ0n) is 14.3. The predicted octanol–water partition coefficient (Wildman–Crippen LogP) is 2.15. The van der Waals surface area contributed by atoms with Gasteiger partial charge in [-0.25, -0.2) is 0 Å². The molecule has 136 valence electrons. The van der Waals surface area contributed by atoms with Crippen LogP contribution in [-0.4, -0.2) is 46.0 Å². The van der Waals surface area contributed by atoms with E-state index in [4.69, 9.17) is 4.74 Å². The second-order valence-electron chi connectivity index (χ2n) is 6.55. The van der Waals surface area contributed by atoms with Gasteiger partial charge in [0.05, 0.1) is 12.5 Å². The Morgan fingerprint density at radius 3 is 2.52 bits per heavy atom. The molecule has 1 aliphatic rings. The molecule has 2 aromatic heterocycles. The van der Waals surface area contributed by atoms with Gasteiger partial charge in [0.15, 0.2) is 11.5 Å². The summed E-state index contributed by atoms with van der Waals surface area (Å²) in [6.45, 7) is 6.04. The number of nitrogens with zero attached hydrogens (tertiary/aromatic N) is 5. The van der Waals surface area contributed by atoms with Gasteiger partial charge in [-0.05, 0) is 27.2 Å². The van der Waals surface area contributed by atoms with Crippen molar-refractivity contribution in [3.63, 3.8) is 0 Å². The lowest BCUT2D eigenvalue weighted by Crippen LogP contribution is -2.33. The highest BCUT2D eigenvalue weighted by atomic mass is 19.4. The number of hydrogen-bond donors (Lipinski definition) is 0. The first-order chi connectivity index (χ1) is 11.6. The van der Waals surface area contributed by atoms with Gasteiger partial charge < -0.3 is 9.64 Å². The highest BCUT2D eigenvalue weighted by Gasteiger charge is 2.43. The van der Waals surface area contributed by atoms with Gasteiger partial charge >= 0.3 is 12.1 Å². The van der Waals surface area contributed by atoms with Gasteiger partial charge in [-0.15, -0.1) is 15.3 Å². The molecule has 0 aliphatic carbocycles. The van der Waals surface area contributed by atoms with E-state index in [-0.39, 0.29) is 11.6 Å². The zero-order valence-corrected chi connectivity index (χ0v) is 14.3. The Bertz CT molecular complexity index is 848. The van der Waals surface area contributed by atoms with E-state index in [1.165, 1.54) is 7.11 Å². The summed E-state index contributed by atoms with van der Waals surface area (Å²) in [6, 6.07) is 0. The monoisotopic (exact) mass is 357 g/mol. The maximum absolute atomic E-state index is 13.1. The summed E-state index contributed by atoms with van der Waals surface area (Å²) < 4.78 is 45.0. The quantitative estimate of drug-likeness (QED) is 0.767. The molecule has 0 saturated carbocycles. The lowest BCUT2D eigenvalue weighted by molar-refractivity contribution is -0.150. The predicted molar refractivity (Wildman–Crippen MR) is 82.2 cm³/mol. The molecular formula is C15H18F3N5O2. The minimum absolute atomic E-state index is 0.0727. The number of hydrogen-bond acceptors (Lipinski definition) is 6. The highest BCUT2D eigenvalue weighted by molar-refractivity contribution is 5.78. The number of halogens is 3. The molecule has 0 amide bonds. The molecule has 0 spiro atoms. The van der Waals surface area contributed by atoms with Crippen LogP contribution in [0.2, 0.25) is 0 Å². The molecule has 0 bridgehead atoms. The van der Waals surface area contributed by atoms with Crippen LogP contribution in [0.3, 0.4) is 0 Å². The van der Waals surface area contributed by atoms with E-state index in [1.807, 2.05) is 0 Å². The first-order valence-electron chi connectivity index (χ1n) is 7.71. The number of esters is 1. The molecule has 7 nitrogen and oxygen atoms in total. The Morgan fingerprint density at radius 2 is 1.92 bits per heavy atom. The normalized spacial score (nSPS) is 21.2. The summed E-state index contributed by atoms with van der Waals surface area (Å²) in [5.74, 6) is -1.12. The van der Waals surface area contributed by atoms with Gasteiger partial charge in [0.2, 0.25) is 0 Å². The number of aryl methyl sites for hydroxylation is 1. The number of carbonyl (C=O) groups is 1. The first kappa shape index (κ1) is 17.4. The number of aromatic nitrogens is 4. The van der Waals surface area contributed by atoms with Crippen LogP contribution in [0.15, 0.2) is 0 Å². The Morgan fingerprint density at radius 1 is 1.24 bits per heavy atom. The molecule has 10 heteroatoms. The van der Waals surface area contributed by atoms with E-state index in [0.717, 1.165) is 4.52 Å². The van der Waals surface area contributed by atoms with Gasteiger partial charge in [0.25, 0.3) is 5.82 Å². The van der Waals surface area contributed by atoms with Crippen molar-refractivity contribution in [3.05, 3.63) is 17.0 Å². The second-order valence-corrected chi connectivity index (χ2v) is 6.55. The molecule has 0 aromatic carbocycles. The third-order valence-corrected chi connectivity index (χ3v) is 4.77. The molecule has 1 aliphatic heterocycles. The van der Waals surface area contributed by atoms with E-state index < -0.39 is 17.4 Å². The second kappa shape index (κ2) is 5.57. The van der Waals surface area contributed by atoms with Gasteiger partial charge in [0, 0.05) is 24.2 Å². The van der Waals surface area contributed by atoms with Crippen molar-refractivity contribution < 1.29 is 22.7 Å². The van der Waals surface area contributed by atoms with Crippen molar-refractivity contribution in [2.75, 3.05) is 25.1 Å². The molecule has 3 rings (SSSR count). The van der Waals surface area contributed by atoms with E-state index >= 15 is 0 Å². The lowest BCUT2D eigenvalue weighted by Gasteiger charge is -2.24. The standard InChI is InChI=1S/C15H18F3N5O2/c1-8-9(2)11(22-6-5-14(3,7-22)13(24)25-4)21-23-10(8)19-20-12(23)15(16,17)18/h5-7H2,1-4H3. The summed E-state index contributed by atoms with van der Waals surface area (Å²) in [4.78, 5) is 13.8. The largest absolute Gasteiger partial charge is 0.469 e. The van der Waals surface area contributed by atoms with Gasteiger partial charge in [0.1, 0.15) is 0 Å². The van der Waals surface area contributed by atoms with E-state index in [9.17, 15) is 18.0 Å². The minimum Gasteiger partial charge on any atom is -0.469 e. The van der Waals surface area contributed by atoms with Crippen LogP contribution in [0.25, 0.3) is 5.65 Å². The van der Waals surface area contributed by atoms with Gasteiger partial charge in [-0.1, -0.05) is 0 Å². The molecule has 0 N–H and O–H groups in total. The van der Waals surface area contributed by atoms with Crippen LogP contribution in [0.4, 0.5) is 19.0 Å². The Hall–Kier alpha value is -2.39. The molecule has 0 radical (unpaired) electrons. The average molecular weight is 357 g/mol. The highest BCUT2D eigenvalue weighted by Crippen LogP contribution is 2.36. The topological polar surface area (TPSA) is 72.6 Å². The van der Waals surface area contributed by atoms with E-state index in [2.05, 4.69) is 15.3 Å². The van der Waals surface area contributed by atoms with Crippen molar-refractivity contribution in [2.24, 2.45) is 5.41 Å². The maximum Gasteiger partial charge on any atom is 0.453 e. The van der Waals surface area contributed by atoms with Crippen molar-refractivity contribution in [1.29, 1.82) is 0 Å². The van der Waals surface area contributed by atoms with Crippen LogP contribution in [0.5, 0.6) is 0 Å². The number of rotatable bonds is 2. The van der Waals surface area contributed by atoms with E-state index in [0.29, 0.717) is 36.5 Å². The molecule has 1 atom stereocenters. The first-order valence-corrected chi connectivity index (χ1v) is 7.71. The summed E-state index contributed by atoms with van der Waals surface area (Å²) in [5, 5.41) is 11.0. The van der Waals surface area contributed by atoms with Gasteiger partial charge in [-0.2, -0.15) is 17.7 Å². The van der Waals surface area contributed by atoms with E-state index in [1.54, 1.807) is 25.7 Å². The molecule has 1 unspecified atom stereocenters. The summed E-state index contributed by atoms with van der Waals surface area (Å²) in [5.41, 5.74) is 0.636. The SMILES string of the molecule is COC(=O)C1(C)CCN(c2nn3c(C(F)(F)F)nnc3c(C)c2C)C1. The number of anilines is 1. The van der Waals surface area contributed by atoms with Gasteiger partial charge in [-0.3, -0.25) is 4.79 Å². The maximum atomic E-state index is 13.1. The van der Waals surface area contributed by atoms with Crippen LogP contribution < -0.4 is 4.90 Å². The fourth-order valence-electron chi connectivity index (χ4n) is 3.15. The Labute approximate surface area is 141 Å². The molecule has 3 heterocycles. The van der Waals surface area contributed by atoms with Crippen molar-refractivity contribution in [3.8, 4) is 0 Å². The summed E-state index contributed by atoms with van der Waals surface area (Å²) >= 11 is 0. The van der Waals surface area contributed by atoms with Crippen LogP contribution in [0, 0.1) is 19.3 Å². The molecule has 1 fully saturated rings. The zero-order chi connectivity index (χ0) is 18.6. The molecule has 2 aromatic rings. The fraction of sp³-hybridized carbons (Fsp3) is 0.600. The van der Waals surface area contributed by atoms with Crippen molar-refractivity contribution in [1.82, 2.24) is 19.8 Å². The number of fused-ring (bicyclic) bond motifs is 1. The summed E-state index contributed by atoms with van der Waals surface area (Å²) in [7, 11) is 1.32. The fourth-order valence-corrected chi connectivity index (χ4v) is 3.15. The Balaban J connectivity index is 2.08. The van der Waals surface area contributed by atoms with Crippen LogP contribution in [-0.2, 0) is 15.7 Å². The lowest BCUT2D eigenvalue weighted by atomic mass is 9.90. The number of ether oxygens (including phenoxy) is 1. The van der Waals surface area contributed by atoms with Crippen molar-refractivity contribution >= 4 is 17.4 Å². The number of alkyl halides is 3. The number of methoxy groups -OCH3 is 1. The minimum atomic E-state index is -4.66. The molecule has 25 heavy (non-hydrogen) atoms.